The second kappa shape index (κ2) is 7.51. The Hall–Kier alpha value is -2.62. The van der Waals surface area contributed by atoms with Gasteiger partial charge in [0.2, 0.25) is 0 Å². The first-order valence-corrected chi connectivity index (χ1v) is 8.57. The third kappa shape index (κ3) is 3.90. The van der Waals surface area contributed by atoms with Crippen molar-refractivity contribution in [2.24, 2.45) is 11.5 Å². The normalized spacial score (nSPS) is 12.0. The minimum atomic E-state index is -0.124. The molecule has 0 aliphatic rings. The van der Waals surface area contributed by atoms with Crippen LogP contribution in [0.1, 0.15) is 22.7 Å². The van der Waals surface area contributed by atoms with Crippen molar-refractivity contribution in [3.8, 4) is 0 Å². The molecule has 0 aliphatic carbocycles. The molecule has 3 heteroatoms. The van der Waals surface area contributed by atoms with Crippen LogP contribution in [-0.4, -0.2) is 6.54 Å². The Kier molecular flexibility index (Phi) is 5.17. The lowest BCUT2D eigenvalue weighted by atomic mass is 10.1. The maximum Gasteiger partial charge on any atom is 0.0461 e. The highest BCUT2D eigenvalue weighted by molar-refractivity contribution is 5.76. The van der Waals surface area contributed by atoms with Gasteiger partial charge < -0.3 is 16.4 Å². The van der Waals surface area contributed by atoms with Crippen LogP contribution in [0.3, 0.4) is 0 Å². The molecule has 4 N–H and O–H groups in total. The quantitative estimate of drug-likeness (QED) is 0.710. The van der Waals surface area contributed by atoms with E-state index >= 15 is 0 Å². The van der Waals surface area contributed by atoms with Gasteiger partial charge in [0.1, 0.15) is 0 Å². The summed E-state index contributed by atoms with van der Waals surface area (Å²) in [6.45, 7) is 4.64. The zero-order valence-electron chi connectivity index (χ0n) is 14.8. The van der Waals surface area contributed by atoms with Crippen molar-refractivity contribution >= 4 is 17.1 Å². The molecule has 25 heavy (non-hydrogen) atoms. The van der Waals surface area contributed by atoms with Crippen molar-refractivity contribution in [1.29, 1.82) is 0 Å². The van der Waals surface area contributed by atoms with E-state index in [-0.39, 0.29) is 6.04 Å². The number of hydrogen-bond acceptors (Lipinski definition) is 3. The van der Waals surface area contributed by atoms with Crippen molar-refractivity contribution in [2.75, 3.05) is 11.4 Å². The lowest BCUT2D eigenvalue weighted by Crippen LogP contribution is -2.20. The Bertz CT molecular complexity index is 760. The third-order valence-corrected chi connectivity index (χ3v) is 4.42. The molecule has 0 aliphatic heterocycles. The summed E-state index contributed by atoms with van der Waals surface area (Å²) in [4.78, 5) is 2.25. The van der Waals surface area contributed by atoms with E-state index in [1.165, 1.54) is 11.1 Å². The molecule has 0 saturated carbocycles. The maximum atomic E-state index is 6.04. The monoisotopic (exact) mass is 331 g/mol. The summed E-state index contributed by atoms with van der Waals surface area (Å²) in [6.07, 6.45) is 0. The molecule has 128 valence electrons. The van der Waals surface area contributed by atoms with Gasteiger partial charge in [-0.2, -0.15) is 0 Å². The van der Waals surface area contributed by atoms with Gasteiger partial charge in [-0.25, -0.2) is 0 Å². The Morgan fingerprint density at radius 2 is 1.04 bits per heavy atom. The Morgan fingerprint density at radius 1 is 0.680 bits per heavy atom. The van der Waals surface area contributed by atoms with E-state index in [1.54, 1.807) is 0 Å². The fraction of sp³-hybridized carbons (Fsp3) is 0.182. The second-order valence-corrected chi connectivity index (χ2v) is 6.44. The van der Waals surface area contributed by atoms with Crippen LogP contribution in [0.15, 0.2) is 72.8 Å². The summed E-state index contributed by atoms with van der Waals surface area (Å²) < 4.78 is 0. The van der Waals surface area contributed by atoms with E-state index < -0.39 is 0 Å². The lowest BCUT2D eigenvalue weighted by Gasteiger charge is -2.26. The van der Waals surface area contributed by atoms with Crippen molar-refractivity contribution in [3.05, 3.63) is 89.5 Å². The number of benzene rings is 3. The number of nitrogens with zero attached hydrogens (tertiary/aromatic N) is 1. The minimum Gasteiger partial charge on any atom is -0.329 e. The Morgan fingerprint density at radius 3 is 1.40 bits per heavy atom. The molecule has 1 atom stereocenters. The number of aryl methyl sites for hydroxylation is 2. The van der Waals surface area contributed by atoms with E-state index in [9.17, 15) is 0 Å². The van der Waals surface area contributed by atoms with Gasteiger partial charge in [0, 0.05) is 29.6 Å². The van der Waals surface area contributed by atoms with Crippen molar-refractivity contribution in [2.45, 2.75) is 19.9 Å². The van der Waals surface area contributed by atoms with Gasteiger partial charge in [0.05, 0.1) is 0 Å². The van der Waals surface area contributed by atoms with Crippen LogP contribution < -0.4 is 16.4 Å². The Balaban J connectivity index is 2.04. The summed E-state index contributed by atoms with van der Waals surface area (Å²) in [5.74, 6) is 0. The highest BCUT2D eigenvalue weighted by Gasteiger charge is 2.13. The first-order chi connectivity index (χ1) is 12.1. The third-order valence-electron chi connectivity index (χ3n) is 4.42. The van der Waals surface area contributed by atoms with Crippen LogP contribution in [0.2, 0.25) is 0 Å². The molecule has 0 heterocycles. The van der Waals surface area contributed by atoms with Crippen LogP contribution in [0.5, 0.6) is 0 Å². The molecule has 0 spiro atoms. The van der Waals surface area contributed by atoms with E-state index in [1.807, 2.05) is 0 Å². The first kappa shape index (κ1) is 17.2. The molecule has 0 saturated heterocycles. The van der Waals surface area contributed by atoms with Gasteiger partial charge in [-0.15, -0.1) is 0 Å². The zero-order chi connectivity index (χ0) is 17.8. The molecule has 3 aromatic carbocycles. The fourth-order valence-electron chi connectivity index (χ4n) is 2.84. The van der Waals surface area contributed by atoms with Crippen LogP contribution >= 0.6 is 0 Å². The van der Waals surface area contributed by atoms with Crippen LogP contribution in [0.25, 0.3) is 0 Å². The summed E-state index contributed by atoms with van der Waals surface area (Å²) in [6, 6.07) is 25.3. The van der Waals surface area contributed by atoms with Crippen LogP contribution in [0, 0.1) is 13.8 Å². The zero-order valence-corrected chi connectivity index (χ0v) is 14.8. The molecule has 3 nitrogen and oxygen atoms in total. The number of rotatable bonds is 5. The number of nitrogens with two attached hydrogens (primary N) is 2. The SMILES string of the molecule is Cc1ccc(N(c2ccc(C)cc2)c2ccc(C(N)CN)cc2)cc1. The summed E-state index contributed by atoms with van der Waals surface area (Å²) >= 11 is 0. The van der Waals surface area contributed by atoms with Crippen molar-refractivity contribution in [1.82, 2.24) is 0 Å². The summed E-state index contributed by atoms with van der Waals surface area (Å²) in [5.41, 5.74) is 18.6. The molecule has 0 fully saturated rings. The van der Waals surface area contributed by atoms with Gasteiger partial charge >= 0.3 is 0 Å². The summed E-state index contributed by atoms with van der Waals surface area (Å²) in [5, 5.41) is 0. The highest BCUT2D eigenvalue weighted by atomic mass is 15.1. The smallest absolute Gasteiger partial charge is 0.0461 e. The van der Waals surface area contributed by atoms with Crippen molar-refractivity contribution < 1.29 is 0 Å². The lowest BCUT2D eigenvalue weighted by molar-refractivity contribution is 0.737. The Labute approximate surface area is 149 Å². The number of hydrogen-bond donors (Lipinski definition) is 2. The highest BCUT2D eigenvalue weighted by Crippen LogP contribution is 2.35. The van der Waals surface area contributed by atoms with Gasteiger partial charge in [0.25, 0.3) is 0 Å². The van der Waals surface area contributed by atoms with Gasteiger partial charge in [0.15, 0.2) is 0 Å². The molecule has 0 aromatic heterocycles. The molecule has 0 radical (unpaired) electrons. The van der Waals surface area contributed by atoms with Gasteiger partial charge in [-0.1, -0.05) is 47.5 Å². The number of anilines is 3. The van der Waals surface area contributed by atoms with E-state index in [0.717, 1.165) is 22.6 Å². The summed E-state index contributed by atoms with van der Waals surface area (Å²) in [7, 11) is 0. The predicted molar refractivity (Wildman–Crippen MR) is 107 cm³/mol. The second-order valence-electron chi connectivity index (χ2n) is 6.44. The predicted octanol–water partition coefficient (Wildman–Crippen LogP) is 4.73. The van der Waals surface area contributed by atoms with Crippen LogP contribution in [0.4, 0.5) is 17.1 Å². The van der Waals surface area contributed by atoms with Crippen LogP contribution in [-0.2, 0) is 0 Å². The van der Waals surface area contributed by atoms with E-state index in [4.69, 9.17) is 11.5 Å². The molecular weight excluding hydrogens is 306 g/mol. The minimum absolute atomic E-state index is 0.124. The molecular formula is C22H25N3. The first-order valence-electron chi connectivity index (χ1n) is 8.57. The molecule has 3 aromatic rings. The molecule has 0 bridgehead atoms. The molecule has 3 rings (SSSR count). The average molecular weight is 331 g/mol. The van der Waals surface area contributed by atoms with Gasteiger partial charge in [-0.05, 0) is 55.8 Å². The maximum absolute atomic E-state index is 6.04. The van der Waals surface area contributed by atoms with Crippen molar-refractivity contribution in [3.63, 3.8) is 0 Å². The molecule has 1 unspecified atom stereocenters. The van der Waals surface area contributed by atoms with E-state index in [2.05, 4.69) is 91.5 Å². The average Bonchev–Trinajstić information content (AvgIpc) is 2.65. The van der Waals surface area contributed by atoms with Gasteiger partial charge in [-0.3, -0.25) is 0 Å². The standard InChI is InChI=1S/C22H25N3/c1-16-3-9-19(10-4-16)25(20-11-5-17(2)6-12-20)21-13-7-18(8-14-21)22(24)15-23/h3-14,22H,15,23-24H2,1-2H3. The largest absolute Gasteiger partial charge is 0.329 e. The van der Waals surface area contributed by atoms with E-state index in [0.29, 0.717) is 6.54 Å². The fourth-order valence-corrected chi connectivity index (χ4v) is 2.84. The molecule has 0 amide bonds. The topological polar surface area (TPSA) is 55.3 Å².